The summed E-state index contributed by atoms with van der Waals surface area (Å²) in [6.07, 6.45) is 0. The van der Waals surface area contributed by atoms with Crippen molar-refractivity contribution >= 4 is 21.7 Å². The van der Waals surface area contributed by atoms with E-state index in [1.165, 1.54) is 19.1 Å². The van der Waals surface area contributed by atoms with Crippen LogP contribution in [-0.2, 0) is 21.4 Å². The fraction of sp³-hybridized carbons (Fsp3) is 0.136. The predicted octanol–water partition coefficient (Wildman–Crippen LogP) is 3.93. The van der Waals surface area contributed by atoms with Gasteiger partial charge >= 0.3 is 5.97 Å². The fourth-order valence-corrected chi connectivity index (χ4v) is 4.44. The molecule has 150 valence electrons. The largest absolute Gasteiger partial charge is 0.489 e. The number of carboxylic acids is 1. The second-order valence-corrected chi connectivity index (χ2v) is 8.21. The zero-order valence-electron chi connectivity index (χ0n) is 15.8. The van der Waals surface area contributed by atoms with Crippen LogP contribution in [0.4, 0.5) is 5.69 Å². The van der Waals surface area contributed by atoms with E-state index in [2.05, 4.69) is 0 Å². The van der Waals surface area contributed by atoms with Crippen LogP contribution in [0.5, 0.6) is 5.75 Å². The SMILES string of the molecule is CC(C(=O)O)N(c1ccc(OCc2ccccc2)cc1)S(=O)(=O)c1ccccc1. The first-order valence-corrected chi connectivity index (χ1v) is 10.4. The monoisotopic (exact) mass is 411 g/mol. The third-order valence-corrected chi connectivity index (χ3v) is 6.26. The Kier molecular flexibility index (Phi) is 6.19. The number of rotatable bonds is 8. The summed E-state index contributed by atoms with van der Waals surface area (Å²) >= 11 is 0. The van der Waals surface area contributed by atoms with Crippen LogP contribution in [0.25, 0.3) is 0 Å². The lowest BCUT2D eigenvalue weighted by molar-refractivity contribution is -0.137. The van der Waals surface area contributed by atoms with Crippen molar-refractivity contribution in [3.8, 4) is 5.75 Å². The molecular weight excluding hydrogens is 390 g/mol. The summed E-state index contributed by atoms with van der Waals surface area (Å²) in [4.78, 5) is 11.6. The summed E-state index contributed by atoms with van der Waals surface area (Å²) < 4.78 is 32.8. The maximum Gasteiger partial charge on any atom is 0.327 e. The molecule has 0 fully saturated rings. The molecule has 6 nitrogen and oxygen atoms in total. The lowest BCUT2D eigenvalue weighted by Crippen LogP contribution is -2.43. The highest BCUT2D eigenvalue weighted by atomic mass is 32.2. The van der Waals surface area contributed by atoms with Crippen LogP contribution in [0.15, 0.2) is 89.8 Å². The Morgan fingerprint density at radius 1 is 0.931 bits per heavy atom. The van der Waals surface area contributed by atoms with Crippen molar-refractivity contribution in [3.05, 3.63) is 90.5 Å². The molecule has 1 N–H and O–H groups in total. The number of sulfonamides is 1. The lowest BCUT2D eigenvalue weighted by atomic mass is 10.2. The minimum absolute atomic E-state index is 0.0255. The number of anilines is 1. The zero-order valence-corrected chi connectivity index (χ0v) is 16.6. The molecule has 0 aliphatic carbocycles. The first-order chi connectivity index (χ1) is 13.9. The molecule has 1 unspecified atom stereocenters. The lowest BCUT2D eigenvalue weighted by Gasteiger charge is -2.28. The van der Waals surface area contributed by atoms with Gasteiger partial charge in [-0.2, -0.15) is 0 Å². The Bertz CT molecular complexity index is 1050. The van der Waals surface area contributed by atoms with Crippen LogP contribution in [0.3, 0.4) is 0 Å². The van der Waals surface area contributed by atoms with Gasteiger partial charge in [0, 0.05) is 0 Å². The fourth-order valence-electron chi connectivity index (χ4n) is 2.81. The van der Waals surface area contributed by atoms with E-state index >= 15 is 0 Å². The maximum atomic E-state index is 13.1. The standard InChI is InChI=1S/C22H21NO5S/c1-17(22(24)25)23(29(26,27)21-10-6-3-7-11-21)19-12-14-20(15-13-19)28-16-18-8-4-2-5-9-18/h2-15,17H,16H2,1H3,(H,24,25). The van der Waals surface area contributed by atoms with Crippen molar-refractivity contribution in [2.45, 2.75) is 24.5 Å². The second kappa shape index (κ2) is 8.79. The third-order valence-electron chi connectivity index (χ3n) is 4.35. The molecular formula is C22H21NO5S. The van der Waals surface area contributed by atoms with Crippen LogP contribution in [0.1, 0.15) is 12.5 Å². The summed E-state index contributed by atoms with van der Waals surface area (Å²) in [6, 6.07) is 22.5. The van der Waals surface area contributed by atoms with Gasteiger partial charge in [0.25, 0.3) is 10.0 Å². The molecule has 29 heavy (non-hydrogen) atoms. The van der Waals surface area contributed by atoms with Crippen molar-refractivity contribution in [2.75, 3.05) is 4.31 Å². The Labute approximate surface area is 170 Å². The molecule has 0 bridgehead atoms. The second-order valence-electron chi connectivity index (χ2n) is 6.40. The highest BCUT2D eigenvalue weighted by Gasteiger charge is 2.33. The van der Waals surface area contributed by atoms with Crippen molar-refractivity contribution in [1.82, 2.24) is 0 Å². The number of benzene rings is 3. The molecule has 1 atom stereocenters. The quantitative estimate of drug-likeness (QED) is 0.607. The van der Waals surface area contributed by atoms with Crippen LogP contribution in [0, 0.1) is 0 Å². The summed E-state index contributed by atoms with van der Waals surface area (Å²) in [7, 11) is -4.05. The van der Waals surface area contributed by atoms with E-state index in [4.69, 9.17) is 4.74 Å². The number of ether oxygens (including phenoxy) is 1. The highest BCUT2D eigenvalue weighted by molar-refractivity contribution is 7.92. The van der Waals surface area contributed by atoms with E-state index in [1.54, 1.807) is 42.5 Å². The molecule has 0 aliphatic heterocycles. The summed E-state index contributed by atoms with van der Waals surface area (Å²) in [5.74, 6) is -0.688. The van der Waals surface area contributed by atoms with Gasteiger partial charge in [-0.05, 0) is 48.9 Å². The van der Waals surface area contributed by atoms with Gasteiger partial charge in [0.2, 0.25) is 0 Å². The molecule has 0 saturated carbocycles. The number of hydrogen-bond donors (Lipinski definition) is 1. The zero-order chi connectivity index (χ0) is 20.9. The van der Waals surface area contributed by atoms with Crippen molar-refractivity contribution in [2.24, 2.45) is 0 Å². The number of hydrogen-bond acceptors (Lipinski definition) is 4. The Hall–Kier alpha value is -3.32. The van der Waals surface area contributed by atoms with Gasteiger partial charge in [-0.1, -0.05) is 48.5 Å². The molecule has 0 heterocycles. The van der Waals surface area contributed by atoms with E-state index < -0.39 is 22.0 Å². The molecule has 3 rings (SSSR count). The first-order valence-electron chi connectivity index (χ1n) is 8.98. The van der Waals surface area contributed by atoms with Crippen molar-refractivity contribution in [3.63, 3.8) is 0 Å². The van der Waals surface area contributed by atoms with Crippen LogP contribution in [0.2, 0.25) is 0 Å². The first kappa shape index (κ1) is 20.4. The van der Waals surface area contributed by atoms with Crippen molar-refractivity contribution in [1.29, 1.82) is 0 Å². The summed E-state index contributed by atoms with van der Waals surface area (Å²) in [6.45, 7) is 1.71. The minimum atomic E-state index is -4.05. The average molecular weight is 411 g/mol. The number of aliphatic carboxylic acids is 1. The van der Waals surface area contributed by atoms with Gasteiger partial charge in [0.15, 0.2) is 0 Å². The molecule has 0 aliphatic rings. The molecule has 0 saturated heterocycles. The van der Waals surface area contributed by atoms with Crippen molar-refractivity contribution < 1.29 is 23.1 Å². The number of carbonyl (C=O) groups is 1. The van der Waals surface area contributed by atoms with E-state index in [-0.39, 0.29) is 10.6 Å². The van der Waals surface area contributed by atoms with Crippen LogP contribution in [-0.4, -0.2) is 25.5 Å². The van der Waals surface area contributed by atoms with Gasteiger partial charge in [-0.25, -0.2) is 13.2 Å². The van der Waals surface area contributed by atoms with Gasteiger partial charge in [-0.15, -0.1) is 0 Å². The number of nitrogens with zero attached hydrogens (tertiary/aromatic N) is 1. The minimum Gasteiger partial charge on any atom is -0.489 e. The normalized spacial score (nSPS) is 12.2. The molecule has 0 amide bonds. The molecule has 3 aromatic rings. The van der Waals surface area contributed by atoms with E-state index in [9.17, 15) is 18.3 Å². The molecule has 3 aromatic carbocycles. The molecule has 0 aromatic heterocycles. The smallest absolute Gasteiger partial charge is 0.327 e. The Morgan fingerprint density at radius 2 is 1.48 bits per heavy atom. The number of carboxylic acid groups (broad SMARTS) is 1. The Balaban J connectivity index is 1.88. The van der Waals surface area contributed by atoms with Gasteiger partial charge in [-0.3, -0.25) is 4.31 Å². The van der Waals surface area contributed by atoms with Crippen LogP contribution >= 0.6 is 0 Å². The van der Waals surface area contributed by atoms with E-state index in [0.717, 1.165) is 9.87 Å². The maximum absolute atomic E-state index is 13.1. The third kappa shape index (κ3) is 4.75. The average Bonchev–Trinajstić information content (AvgIpc) is 2.74. The van der Waals surface area contributed by atoms with Gasteiger partial charge < -0.3 is 9.84 Å². The van der Waals surface area contributed by atoms with E-state index in [0.29, 0.717) is 12.4 Å². The van der Waals surface area contributed by atoms with Gasteiger partial charge in [0.1, 0.15) is 18.4 Å². The highest BCUT2D eigenvalue weighted by Crippen LogP contribution is 2.28. The van der Waals surface area contributed by atoms with E-state index in [1.807, 2.05) is 30.3 Å². The predicted molar refractivity (Wildman–Crippen MR) is 110 cm³/mol. The summed E-state index contributed by atoms with van der Waals surface area (Å²) in [5.41, 5.74) is 1.25. The Morgan fingerprint density at radius 3 is 2.03 bits per heavy atom. The molecule has 7 heteroatoms. The molecule has 0 radical (unpaired) electrons. The topological polar surface area (TPSA) is 83.9 Å². The van der Waals surface area contributed by atoms with Gasteiger partial charge in [0.05, 0.1) is 10.6 Å². The van der Waals surface area contributed by atoms with Crippen LogP contribution < -0.4 is 9.04 Å². The summed E-state index contributed by atoms with van der Waals surface area (Å²) in [5, 5.41) is 9.46. The molecule has 0 spiro atoms.